The number of aromatic nitrogens is 1. The lowest BCUT2D eigenvalue weighted by Gasteiger charge is -2.42. The molecule has 0 spiro atoms. The van der Waals surface area contributed by atoms with E-state index in [-0.39, 0.29) is 29.3 Å². The first-order chi connectivity index (χ1) is 16.6. The Balaban J connectivity index is 1.46. The molecule has 0 unspecified atom stereocenters. The number of carbonyl (C=O) groups is 1. The highest BCUT2D eigenvalue weighted by Gasteiger charge is 2.45. The number of aliphatic hydroxyl groups is 1. The molecule has 1 saturated carbocycles. The Morgan fingerprint density at radius 2 is 1.89 bits per heavy atom. The van der Waals surface area contributed by atoms with Crippen molar-refractivity contribution in [3.63, 3.8) is 0 Å². The number of aryl methyl sites for hydroxylation is 1. The first kappa shape index (κ1) is 25.3. The summed E-state index contributed by atoms with van der Waals surface area (Å²) in [4.78, 5) is 16.0. The molecule has 1 aliphatic rings. The summed E-state index contributed by atoms with van der Waals surface area (Å²) in [5.74, 6) is -0.968. The van der Waals surface area contributed by atoms with Crippen molar-refractivity contribution in [2.75, 3.05) is 6.61 Å². The number of carbonyl (C=O) groups excluding carboxylic acids is 1. The first-order valence-corrected chi connectivity index (χ1v) is 13.4. The van der Waals surface area contributed by atoms with Crippen LogP contribution in [0.2, 0.25) is 0 Å². The van der Waals surface area contributed by atoms with Crippen LogP contribution in [0, 0.1) is 11.2 Å². The number of primary amides is 1. The van der Waals surface area contributed by atoms with E-state index in [1.807, 2.05) is 13.0 Å². The summed E-state index contributed by atoms with van der Waals surface area (Å²) < 4.78 is 42.4. The summed E-state index contributed by atoms with van der Waals surface area (Å²) in [6.07, 6.45) is 3.16. The monoisotopic (exact) mass is 501 g/mol. The molecule has 1 aromatic heterocycles. The Labute approximate surface area is 205 Å². The number of nitrogens with one attached hydrogen (secondary N) is 2. The molecule has 0 saturated heterocycles. The topological polar surface area (TPSA) is 125 Å². The molecule has 4 rings (SSSR count). The van der Waals surface area contributed by atoms with Crippen molar-refractivity contribution in [2.24, 2.45) is 11.1 Å². The molecule has 1 amide bonds. The van der Waals surface area contributed by atoms with E-state index in [1.165, 1.54) is 12.1 Å². The third-order valence-electron chi connectivity index (χ3n) is 7.45. The molecule has 0 radical (unpaired) electrons. The number of hydrogen-bond donors (Lipinski definition) is 4. The second kappa shape index (κ2) is 10.1. The Morgan fingerprint density at radius 1 is 1.20 bits per heavy atom. The minimum absolute atomic E-state index is 0.0972. The number of aliphatic hydroxyl groups excluding tert-OH is 1. The predicted molar refractivity (Wildman–Crippen MR) is 133 cm³/mol. The van der Waals surface area contributed by atoms with Gasteiger partial charge in [-0.3, -0.25) is 4.79 Å². The molecular formula is C26H32FN3O4S. The summed E-state index contributed by atoms with van der Waals surface area (Å²) in [7, 11) is -3.76. The van der Waals surface area contributed by atoms with Crippen molar-refractivity contribution >= 4 is 26.8 Å². The summed E-state index contributed by atoms with van der Waals surface area (Å²) >= 11 is 0. The fourth-order valence-electron chi connectivity index (χ4n) is 5.24. The van der Waals surface area contributed by atoms with Gasteiger partial charge in [0, 0.05) is 23.9 Å². The van der Waals surface area contributed by atoms with Crippen LogP contribution in [-0.2, 0) is 21.2 Å². The van der Waals surface area contributed by atoms with Gasteiger partial charge in [0.05, 0.1) is 10.3 Å². The highest BCUT2D eigenvalue weighted by molar-refractivity contribution is 7.89. The third kappa shape index (κ3) is 5.27. The molecule has 35 heavy (non-hydrogen) atoms. The predicted octanol–water partition coefficient (Wildman–Crippen LogP) is 3.73. The number of rotatable bonds is 9. The van der Waals surface area contributed by atoms with E-state index in [4.69, 9.17) is 10.8 Å². The van der Waals surface area contributed by atoms with Crippen molar-refractivity contribution < 1.29 is 22.7 Å². The summed E-state index contributed by atoms with van der Waals surface area (Å²) in [6.45, 7) is 2.02. The van der Waals surface area contributed by atoms with Crippen molar-refractivity contribution in [2.45, 2.75) is 62.3 Å². The lowest BCUT2D eigenvalue weighted by molar-refractivity contribution is -0.131. The fraction of sp³-hybridized carbons (Fsp3) is 0.423. The normalized spacial score (nSPS) is 21.7. The van der Waals surface area contributed by atoms with Gasteiger partial charge < -0.3 is 15.8 Å². The zero-order chi connectivity index (χ0) is 25.2. The smallest absolute Gasteiger partial charge is 0.240 e. The van der Waals surface area contributed by atoms with Crippen LogP contribution in [0.15, 0.2) is 53.4 Å². The molecule has 1 heterocycles. The number of H-pyrrole nitrogens is 1. The van der Waals surface area contributed by atoms with Gasteiger partial charge in [0.2, 0.25) is 15.9 Å². The van der Waals surface area contributed by atoms with Gasteiger partial charge in [-0.1, -0.05) is 25.1 Å². The SMILES string of the molecule is C[C@H](c1ccc(F)cc1)C1(C(N)=O)CCC(NS(=O)(=O)c2ccc3cc(CCCO)[nH]c3c2)CC1. The minimum Gasteiger partial charge on any atom is -0.396 e. The molecular weight excluding hydrogens is 469 g/mol. The van der Waals surface area contributed by atoms with Crippen LogP contribution >= 0.6 is 0 Å². The third-order valence-corrected chi connectivity index (χ3v) is 8.97. The molecule has 0 bridgehead atoms. The largest absolute Gasteiger partial charge is 0.396 e. The van der Waals surface area contributed by atoms with Gasteiger partial charge in [-0.15, -0.1) is 0 Å². The van der Waals surface area contributed by atoms with Gasteiger partial charge in [-0.05, 0) is 85.7 Å². The van der Waals surface area contributed by atoms with Gasteiger partial charge in [-0.25, -0.2) is 17.5 Å². The van der Waals surface area contributed by atoms with Gasteiger partial charge in [0.1, 0.15) is 5.82 Å². The molecule has 1 atom stereocenters. The second-order valence-electron chi connectivity index (χ2n) is 9.56. The van der Waals surface area contributed by atoms with E-state index in [2.05, 4.69) is 9.71 Å². The molecule has 0 aliphatic heterocycles. The van der Waals surface area contributed by atoms with Crippen molar-refractivity contribution in [3.05, 3.63) is 65.6 Å². The Morgan fingerprint density at radius 3 is 2.51 bits per heavy atom. The molecule has 2 aromatic carbocycles. The van der Waals surface area contributed by atoms with Crippen LogP contribution < -0.4 is 10.5 Å². The van der Waals surface area contributed by atoms with E-state index < -0.39 is 21.3 Å². The quantitative estimate of drug-likeness (QED) is 0.356. The number of benzene rings is 2. The van der Waals surface area contributed by atoms with Gasteiger partial charge in [-0.2, -0.15) is 0 Å². The molecule has 1 aliphatic carbocycles. The number of hydrogen-bond acceptors (Lipinski definition) is 4. The second-order valence-corrected chi connectivity index (χ2v) is 11.3. The zero-order valence-corrected chi connectivity index (χ0v) is 20.6. The molecule has 188 valence electrons. The highest BCUT2D eigenvalue weighted by Crippen LogP contribution is 2.47. The number of fused-ring (bicyclic) bond motifs is 1. The molecule has 3 aromatic rings. The summed E-state index contributed by atoms with van der Waals surface area (Å²) in [6, 6.07) is 12.7. The number of aromatic amines is 1. The Kier molecular flexibility index (Phi) is 7.30. The van der Waals surface area contributed by atoms with Crippen LogP contribution in [0.1, 0.15) is 56.2 Å². The first-order valence-electron chi connectivity index (χ1n) is 11.9. The maximum Gasteiger partial charge on any atom is 0.240 e. The Bertz CT molecular complexity index is 1300. The maximum absolute atomic E-state index is 13.4. The number of nitrogens with two attached hydrogens (primary N) is 1. The van der Waals surface area contributed by atoms with E-state index in [0.717, 1.165) is 22.2 Å². The number of halogens is 1. The van der Waals surface area contributed by atoms with E-state index in [0.29, 0.717) is 38.5 Å². The van der Waals surface area contributed by atoms with Crippen LogP contribution in [0.5, 0.6) is 0 Å². The van der Waals surface area contributed by atoms with Crippen LogP contribution in [0.3, 0.4) is 0 Å². The fourth-order valence-corrected chi connectivity index (χ4v) is 6.57. The van der Waals surface area contributed by atoms with Gasteiger partial charge in [0.25, 0.3) is 0 Å². The molecule has 9 heteroatoms. The van der Waals surface area contributed by atoms with Crippen molar-refractivity contribution in [3.8, 4) is 0 Å². The van der Waals surface area contributed by atoms with Crippen molar-refractivity contribution in [1.29, 1.82) is 0 Å². The molecule has 5 N–H and O–H groups in total. The Hall–Kier alpha value is -2.75. The summed E-state index contributed by atoms with van der Waals surface area (Å²) in [5.41, 5.74) is 7.55. The van der Waals surface area contributed by atoms with Gasteiger partial charge >= 0.3 is 0 Å². The standard InChI is InChI=1S/C26H32FN3O4S/c1-17(18-4-7-20(27)8-5-18)26(25(28)32)12-10-21(11-13-26)30-35(33,34)23-9-6-19-15-22(3-2-14-31)29-24(19)16-23/h4-9,15-17,21,29-31H,2-3,10-14H2,1H3,(H2,28,32)/t17-,21?,26?/m1/s1. The minimum atomic E-state index is -3.76. The van der Waals surface area contributed by atoms with Crippen LogP contribution in [0.25, 0.3) is 10.9 Å². The average molecular weight is 502 g/mol. The van der Waals surface area contributed by atoms with Crippen molar-refractivity contribution in [1.82, 2.24) is 9.71 Å². The number of amides is 1. The highest BCUT2D eigenvalue weighted by atomic mass is 32.2. The molecule has 1 fully saturated rings. The lowest BCUT2D eigenvalue weighted by atomic mass is 9.63. The summed E-state index contributed by atoms with van der Waals surface area (Å²) in [5, 5.41) is 9.94. The lowest BCUT2D eigenvalue weighted by Crippen LogP contribution is -2.48. The van der Waals surface area contributed by atoms with E-state index in [1.54, 1.807) is 30.3 Å². The number of sulfonamides is 1. The van der Waals surface area contributed by atoms with E-state index >= 15 is 0 Å². The average Bonchev–Trinajstić information content (AvgIpc) is 3.25. The zero-order valence-electron chi connectivity index (χ0n) is 19.8. The van der Waals surface area contributed by atoms with Crippen LogP contribution in [-0.4, -0.2) is 37.1 Å². The maximum atomic E-state index is 13.4. The molecule has 7 nitrogen and oxygen atoms in total. The van der Waals surface area contributed by atoms with E-state index in [9.17, 15) is 17.6 Å². The van der Waals surface area contributed by atoms with Crippen LogP contribution in [0.4, 0.5) is 4.39 Å². The van der Waals surface area contributed by atoms with Gasteiger partial charge in [0.15, 0.2) is 0 Å².